The lowest BCUT2D eigenvalue weighted by atomic mass is 9.94. The number of ether oxygens (including phenoxy) is 1. The second-order valence-corrected chi connectivity index (χ2v) is 10.1. The maximum absolute atomic E-state index is 13.1. The Balaban J connectivity index is 1.16. The van der Waals surface area contributed by atoms with Crippen LogP contribution in [0.15, 0.2) is 48.5 Å². The fourth-order valence-corrected chi connectivity index (χ4v) is 5.66. The molecule has 0 spiro atoms. The third-order valence-corrected chi connectivity index (χ3v) is 7.47. The van der Waals surface area contributed by atoms with Crippen molar-refractivity contribution in [2.45, 2.75) is 51.9 Å². The quantitative estimate of drug-likeness (QED) is 0.699. The number of carbonyl (C=O) groups is 2. The molecular formula is C28H35N3O3. The maximum Gasteiger partial charge on any atom is 0.253 e. The molecule has 5 rings (SSSR count). The van der Waals surface area contributed by atoms with E-state index in [4.69, 9.17) is 4.74 Å². The number of nitrogens with zero attached hydrogens (tertiary/aromatic N) is 3. The molecule has 6 heteroatoms. The number of carbonyl (C=O) groups excluding carboxylic acids is 2. The van der Waals surface area contributed by atoms with E-state index in [9.17, 15) is 9.59 Å². The molecule has 2 fully saturated rings. The van der Waals surface area contributed by atoms with E-state index in [1.54, 1.807) is 0 Å². The van der Waals surface area contributed by atoms with Gasteiger partial charge in [0.25, 0.3) is 5.91 Å². The average Bonchev–Trinajstić information content (AvgIpc) is 2.87. The molecule has 0 saturated carbocycles. The average molecular weight is 462 g/mol. The van der Waals surface area contributed by atoms with Gasteiger partial charge in [0.05, 0.1) is 12.2 Å². The van der Waals surface area contributed by atoms with Crippen molar-refractivity contribution in [2.75, 3.05) is 37.6 Å². The van der Waals surface area contributed by atoms with Gasteiger partial charge in [-0.1, -0.05) is 24.3 Å². The fourth-order valence-electron chi connectivity index (χ4n) is 5.66. The normalized spacial score (nSPS) is 23.5. The molecule has 2 aromatic rings. The molecule has 2 unspecified atom stereocenters. The first-order valence-corrected chi connectivity index (χ1v) is 12.6. The van der Waals surface area contributed by atoms with Crippen molar-refractivity contribution in [1.29, 1.82) is 0 Å². The Morgan fingerprint density at radius 1 is 0.824 bits per heavy atom. The number of anilines is 1. The molecule has 6 nitrogen and oxygen atoms in total. The summed E-state index contributed by atoms with van der Waals surface area (Å²) in [6, 6.07) is 16.7. The molecule has 180 valence electrons. The van der Waals surface area contributed by atoms with E-state index in [1.165, 1.54) is 11.1 Å². The molecule has 0 radical (unpaired) electrons. The van der Waals surface area contributed by atoms with Crippen molar-refractivity contribution in [3.05, 3.63) is 65.2 Å². The summed E-state index contributed by atoms with van der Waals surface area (Å²) in [4.78, 5) is 32.4. The van der Waals surface area contributed by atoms with Gasteiger partial charge in [-0.3, -0.25) is 9.59 Å². The minimum atomic E-state index is 0.00547. The van der Waals surface area contributed by atoms with Gasteiger partial charge in [0, 0.05) is 56.4 Å². The Hall–Kier alpha value is -2.86. The lowest BCUT2D eigenvalue weighted by Crippen LogP contribution is -2.51. The fraction of sp³-hybridized carbons (Fsp3) is 0.500. The first-order chi connectivity index (χ1) is 16.5. The van der Waals surface area contributed by atoms with E-state index in [1.807, 2.05) is 35.8 Å². The van der Waals surface area contributed by atoms with E-state index in [2.05, 4.69) is 41.3 Å². The summed E-state index contributed by atoms with van der Waals surface area (Å²) in [6.07, 6.45) is 2.67. The van der Waals surface area contributed by atoms with E-state index >= 15 is 0 Å². The maximum atomic E-state index is 13.1. The molecule has 3 aliphatic heterocycles. The van der Waals surface area contributed by atoms with Gasteiger partial charge >= 0.3 is 0 Å². The lowest BCUT2D eigenvalue weighted by molar-refractivity contribution is -0.148. The monoisotopic (exact) mass is 461 g/mol. The Bertz CT molecular complexity index is 1020. The topological polar surface area (TPSA) is 53.1 Å². The smallest absolute Gasteiger partial charge is 0.253 e. The van der Waals surface area contributed by atoms with E-state index in [0.29, 0.717) is 26.2 Å². The van der Waals surface area contributed by atoms with Crippen molar-refractivity contribution in [2.24, 2.45) is 5.92 Å². The summed E-state index contributed by atoms with van der Waals surface area (Å²) in [5, 5.41) is 0. The van der Waals surface area contributed by atoms with E-state index < -0.39 is 0 Å². The molecule has 3 aliphatic rings. The predicted molar refractivity (Wildman–Crippen MR) is 133 cm³/mol. The second kappa shape index (κ2) is 9.79. The summed E-state index contributed by atoms with van der Waals surface area (Å²) in [7, 11) is 0. The molecule has 0 aliphatic carbocycles. The standard InChI is InChI=1S/C28H35N3O3/c1-20-17-31(18-21(2)34-20)28(33)24-12-14-29(15-13-24)27(32)23-7-9-26(10-8-23)30-16-11-22-5-3-4-6-25(22)19-30/h3-10,20-21,24H,11-19H2,1-2H3. The second-order valence-electron chi connectivity index (χ2n) is 10.1. The van der Waals surface area contributed by atoms with Crippen LogP contribution in [0.25, 0.3) is 0 Å². The van der Waals surface area contributed by atoms with Crippen LogP contribution in [0.1, 0.15) is 48.2 Å². The number of rotatable bonds is 3. The number of fused-ring (bicyclic) bond motifs is 1. The Morgan fingerprint density at radius 3 is 2.15 bits per heavy atom. The summed E-state index contributed by atoms with van der Waals surface area (Å²) < 4.78 is 5.76. The van der Waals surface area contributed by atoms with Crippen molar-refractivity contribution < 1.29 is 14.3 Å². The number of morpholine rings is 1. The van der Waals surface area contributed by atoms with Gasteiger partial charge in [-0.15, -0.1) is 0 Å². The summed E-state index contributed by atoms with van der Waals surface area (Å²) in [5.74, 6) is 0.294. The number of benzene rings is 2. The van der Waals surface area contributed by atoms with Crippen molar-refractivity contribution in [3.63, 3.8) is 0 Å². The van der Waals surface area contributed by atoms with Crippen LogP contribution >= 0.6 is 0 Å². The molecule has 0 bridgehead atoms. The molecule has 2 atom stereocenters. The van der Waals surface area contributed by atoms with Crippen LogP contribution < -0.4 is 4.90 Å². The molecule has 0 N–H and O–H groups in total. The van der Waals surface area contributed by atoms with Gasteiger partial charge < -0.3 is 19.4 Å². The number of amides is 2. The van der Waals surface area contributed by atoms with Gasteiger partial charge in [0.2, 0.25) is 5.91 Å². The summed E-state index contributed by atoms with van der Waals surface area (Å²) in [5.41, 5.74) is 4.70. The number of hydrogen-bond acceptors (Lipinski definition) is 4. The Kier molecular flexibility index (Phi) is 6.59. The highest BCUT2D eigenvalue weighted by molar-refractivity contribution is 5.94. The highest BCUT2D eigenvalue weighted by atomic mass is 16.5. The molecule has 3 heterocycles. The SMILES string of the molecule is CC1CN(C(=O)C2CCN(C(=O)c3ccc(N4CCc5ccccc5C4)cc3)CC2)CC(C)O1. The van der Waals surface area contributed by atoms with Gasteiger partial charge in [0.15, 0.2) is 0 Å². The van der Waals surface area contributed by atoms with Crippen LogP contribution in [0, 0.1) is 5.92 Å². The molecule has 2 saturated heterocycles. The molecular weight excluding hydrogens is 426 g/mol. The number of likely N-dealkylation sites (tertiary alicyclic amines) is 1. The molecule has 2 amide bonds. The number of piperidine rings is 1. The first-order valence-electron chi connectivity index (χ1n) is 12.6. The van der Waals surface area contributed by atoms with Gasteiger partial charge in [-0.2, -0.15) is 0 Å². The van der Waals surface area contributed by atoms with Crippen LogP contribution in [0.3, 0.4) is 0 Å². The molecule has 0 aromatic heterocycles. The zero-order chi connectivity index (χ0) is 23.7. The third-order valence-electron chi connectivity index (χ3n) is 7.47. The van der Waals surface area contributed by atoms with Crippen LogP contribution in [0.4, 0.5) is 5.69 Å². The van der Waals surface area contributed by atoms with Gasteiger partial charge in [-0.05, 0) is 68.5 Å². The van der Waals surface area contributed by atoms with Crippen molar-refractivity contribution >= 4 is 17.5 Å². The van der Waals surface area contributed by atoms with Gasteiger partial charge in [-0.25, -0.2) is 0 Å². The lowest BCUT2D eigenvalue weighted by Gasteiger charge is -2.39. The molecule has 2 aromatic carbocycles. The van der Waals surface area contributed by atoms with Crippen LogP contribution in [-0.2, 0) is 22.5 Å². The first kappa shape index (κ1) is 22.9. The number of hydrogen-bond donors (Lipinski definition) is 0. The third kappa shape index (κ3) is 4.83. The summed E-state index contributed by atoms with van der Waals surface area (Å²) >= 11 is 0. The van der Waals surface area contributed by atoms with E-state index in [-0.39, 0.29) is 29.9 Å². The van der Waals surface area contributed by atoms with Crippen LogP contribution in [0.5, 0.6) is 0 Å². The minimum absolute atomic E-state index is 0.00547. The highest BCUT2D eigenvalue weighted by Crippen LogP contribution is 2.26. The Labute approximate surface area is 202 Å². The largest absolute Gasteiger partial charge is 0.372 e. The van der Waals surface area contributed by atoms with Crippen molar-refractivity contribution in [3.8, 4) is 0 Å². The zero-order valence-electron chi connectivity index (χ0n) is 20.3. The molecule has 34 heavy (non-hydrogen) atoms. The highest BCUT2D eigenvalue weighted by Gasteiger charge is 2.33. The van der Waals surface area contributed by atoms with Crippen molar-refractivity contribution in [1.82, 2.24) is 9.80 Å². The summed E-state index contributed by atoms with van der Waals surface area (Å²) in [6.45, 7) is 8.54. The van der Waals surface area contributed by atoms with Crippen LogP contribution in [0.2, 0.25) is 0 Å². The zero-order valence-corrected chi connectivity index (χ0v) is 20.3. The minimum Gasteiger partial charge on any atom is -0.372 e. The predicted octanol–water partition coefficient (Wildman–Crippen LogP) is 3.74. The van der Waals surface area contributed by atoms with Gasteiger partial charge in [0.1, 0.15) is 0 Å². The van der Waals surface area contributed by atoms with E-state index in [0.717, 1.165) is 43.6 Å². The Morgan fingerprint density at radius 2 is 1.47 bits per heavy atom. The van der Waals surface area contributed by atoms with Crippen LogP contribution in [-0.4, -0.2) is 66.5 Å².